The first kappa shape index (κ1) is 12.6. The fourth-order valence-electron chi connectivity index (χ4n) is 1.49. The van der Waals surface area contributed by atoms with Crippen molar-refractivity contribution in [1.82, 2.24) is 20.3 Å². The van der Waals surface area contributed by atoms with E-state index in [1.54, 1.807) is 13.2 Å². The molecule has 0 unspecified atom stereocenters. The number of hydrogen-bond acceptors (Lipinski definition) is 3. The lowest BCUT2D eigenvalue weighted by atomic mass is 10.2. The van der Waals surface area contributed by atoms with Gasteiger partial charge in [-0.05, 0) is 31.3 Å². The molecule has 0 aliphatic rings. The van der Waals surface area contributed by atoms with Gasteiger partial charge in [0.15, 0.2) is 0 Å². The number of halogens is 3. The van der Waals surface area contributed by atoms with Crippen LogP contribution in [0.2, 0.25) is 0 Å². The Balaban J connectivity index is 2.23. The average molecular weight is 256 g/mol. The Morgan fingerprint density at radius 1 is 1.22 bits per heavy atom. The second-order valence-corrected chi connectivity index (χ2v) is 3.73. The van der Waals surface area contributed by atoms with Crippen LogP contribution >= 0.6 is 0 Å². The molecule has 7 heteroatoms. The predicted octanol–water partition coefficient (Wildman–Crippen LogP) is 2.01. The molecule has 0 bridgehead atoms. The van der Waals surface area contributed by atoms with Crippen LogP contribution in [0.1, 0.15) is 11.3 Å². The SMILES string of the molecule is CNCc1cn(-c2ccc(C(F)(F)F)cc2)nn1. The maximum absolute atomic E-state index is 12.4. The molecule has 0 spiro atoms. The van der Waals surface area contributed by atoms with Crippen molar-refractivity contribution in [2.45, 2.75) is 12.7 Å². The highest BCUT2D eigenvalue weighted by Gasteiger charge is 2.30. The van der Waals surface area contributed by atoms with Crippen molar-refractivity contribution >= 4 is 0 Å². The van der Waals surface area contributed by atoms with E-state index >= 15 is 0 Å². The first-order valence-corrected chi connectivity index (χ1v) is 5.24. The third-order valence-electron chi connectivity index (χ3n) is 2.36. The lowest BCUT2D eigenvalue weighted by molar-refractivity contribution is -0.137. The smallest absolute Gasteiger partial charge is 0.314 e. The van der Waals surface area contributed by atoms with Gasteiger partial charge < -0.3 is 5.32 Å². The largest absolute Gasteiger partial charge is 0.416 e. The fourth-order valence-corrected chi connectivity index (χ4v) is 1.49. The molecule has 0 amide bonds. The van der Waals surface area contributed by atoms with E-state index in [9.17, 15) is 13.2 Å². The van der Waals surface area contributed by atoms with Gasteiger partial charge in [0, 0.05) is 6.54 Å². The van der Waals surface area contributed by atoms with Gasteiger partial charge in [0.2, 0.25) is 0 Å². The molecular weight excluding hydrogens is 245 g/mol. The third-order valence-corrected chi connectivity index (χ3v) is 2.36. The zero-order valence-corrected chi connectivity index (χ0v) is 9.57. The number of nitrogens with zero attached hydrogens (tertiary/aromatic N) is 3. The first-order chi connectivity index (χ1) is 8.50. The summed E-state index contributed by atoms with van der Waals surface area (Å²) in [5.74, 6) is 0. The molecule has 96 valence electrons. The van der Waals surface area contributed by atoms with Crippen LogP contribution in [0.25, 0.3) is 5.69 Å². The summed E-state index contributed by atoms with van der Waals surface area (Å²) in [6.07, 6.45) is -2.66. The molecule has 2 rings (SSSR count). The van der Waals surface area contributed by atoms with Gasteiger partial charge in [0.05, 0.1) is 23.1 Å². The Morgan fingerprint density at radius 3 is 2.44 bits per heavy atom. The third kappa shape index (κ3) is 2.67. The van der Waals surface area contributed by atoms with Crippen molar-refractivity contribution in [2.24, 2.45) is 0 Å². The summed E-state index contributed by atoms with van der Waals surface area (Å²) < 4.78 is 38.6. The molecule has 4 nitrogen and oxygen atoms in total. The zero-order chi connectivity index (χ0) is 13.2. The normalized spacial score (nSPS) is 11.8. The summed E-state index contributed by atoms with van der Waals surface area (Å²) in [6.45, 7) is 0.556. The average Bonchev–Trinajstić information content (AvgIpc) is 2.77. The van der Waals surface area contributed by atoms with E-state index in [1.165, 1.54) is 16.8 Å². The quantitative estimate of drug-likeness (QED) is 0.913. The van der Waals surface area contributed by atoms with E-state index in [2.05, 4.69) is 15.6 Å². The van der Waals surface area contributed by atoms with Crippen LogP contribution in [0.5, 0.6) is 0 Å². The molecule has 0 saturated carbocycles. The van der Waals surface area contributed by atoms with Crippen LogP contribution in [-0.2, 0) is 12.7 Å². The molecule has 0 fully saturated rings. The molecule has 2 aromatic rings. The molecule has 0 saturated heterocycles. The second-order valence-electron chi connectivity index (χ2n) is 3.73. The number of alkyl halides is 3. The van der Waals surface area contributed by atoms with Gasteiger partial charge in [0.1, 0.15) is 0 Å². The summed E-state index contributed by atoms with van der Waals surface area (Å²) in [4.78, 5) is 0. The maximum Gasteiger partial charge on any atom is 0.416 e. The molecule has 0 aliphatic carbocycles. The van der Waals surface area contributed by atoms with Crippen LogP contribution < -0.4 is 5.32 Å². The van der Waals surface area contributed by atoms with E-state index in [-0.39, 0.29) is 0 Å². The van der Waals surface area contributed by atoms with Gasteiger partial charge in [-0.2, -0.15) is 13.2 Å². The first-order valence-electron chi connectivity index (χ1n) is 5.24. The monoisotopic (exact) mass is 256 g/mol. The number of rotatable bonds is 3. The Hall–Kier alpha value is -1.89. The maximum atomic E-state index is 12.4. The van der Waals surface area contributed by atoms with E-state index < -0.39 is 11.7 Å². The second kappa shape index (κ2) is 4.77. The highest BCUT2D eigenvalue weighted by Crippen LogP contribution is 2.29. The minimum atomic E-state index is -4.32. The molecule has 1 aromatic carbocycles. The van der Waals surface area contributed by atoms with E-state index in [4.69, 9.17) is 0 Å². The lowest BCUT2D eigenvalue weighted by Gasteiger charge is -2.07. The molecule has 1 heterocycles. The van der Waals surface area contributed by atoms with Crippen LogP contribution in [0.3, 0.4) is 0 Å². The summed E-state index contributed by atoms with van der Waals surface area (Å²) in [6, 6.07) is 4.77. The molecule has 0 atom stereocenters. The molecular formula is C11H11F3N4. The molecule has 18 heavy (non-hydrogen) atoms. The summed E-state index contributed by atoms with van der Waals surface area (Å²) in [5.41, 5.74) is 0.581. The van der Waals surface area contributed by atoms with E-state index in [0.29, 0.717) is 12.2 Å². The van der Waals surface area contributed by atoms with Crippen LogP contribution in [0, 0.1) is 0 Å². The van der Waals surface area contributed by atoms with Gasteiger partial charge in [-0.15, -0.1) is 5.10 Å². The minimum absolute atomic E-state index is 0.540. The van der Waals surface area contributed by atoms with Crippen molar-refractivity contribution in [3.63, 3.8) is 0 Å². The molecule has 0 radical (unpaired) electrons. The summed E-state index contributed by atoms with van der Waals surface area (Å²) >= 11 is 0. The topological polar surface area (TPSA) is 42.7 Å². The number of aromatic nitrogens is 3. The molecule has 1 aromatic heterocycles. The van der Waals surface area contributed by atoms with Crippen molar-refractivity contribution in [3.05, 3.63) is 41.7 Å². The van der Waals surface area contributed by atoms with Gasteiger partial charge >= 0.3 is 6.18 Å². The van der Waals surface area contributed by atoms with Crippen molar-refractivity contribution in [3.8, 4) is 5.69 Å². The van der Waals surface area contributed by atoms with Crippen molar-refractivity contribution in [2.75, 3.05) is 7.05 Å². The standard InChI is InChI=1S/C11H11F3N4/c1-15-6-9-7-18(17-16-9)10-4-2-8(3-5-10)11(12,13)14/h2-5,7,15H,6H2,1H3. The van der Waals surface area contributed by atoms with Gasteiger partial charge in [0.25, 0.3) is 0 Å². The van der Waals surface area contributed by atoms with Crippen LogP contribution in [0.4, 0.5) is 13.2 Å². The highest BCUT2D eigenvalue weighted by atomic mass is 19.4. The Kier molecular flexibility index (Phi) is 3.33. The molecule has 1 N–H and O–H groups in total. The number of hydrogen-bond donors (Lipinski definition) is 1. The Labute approximate surface area is 101 Å². The van der Waals surface area contributed by atoms with Crippen molar-refractivity contribution in [1.29, 1.82) is 0 Å². The van der Waals surface area contributed by atoms with Crippen molar-refractivity contribution < 1.29 is 13.2 Å². The molecule has 0 aliphatic heterocycles. The van der Waals surface area contributed by atoms with Crippen LogP contribution in [-0.4, -0.2) is 22.0 Å². The highest BCUT2D eigenvalue weighted by molar-refractivity contribution is 5.34. The summed E-state index contributed by atoms with van der Waals surface area (Å²) in [7, 11) is 1.77. The van der Waals surface area contributed by atoms with Gasteiger partial charge in [-0.25, -0.2) is 4.68 Å². The lowest BCUT2D eigenvalue weighted by Crippen LogP contribution is -2.05. The Bertz CT molecular complexity index is 516. The minimum Gasteiger partial charge on any atom is -0.314 e. The number of nitrogens with one attached hydrogen (secondary N) is 1. The predicted molar refractivity (Wildman–Crippen MR) is 59.1 cm³/mol. The zero-order valence-electron chi connectivity index (χ0n) is 9.57. The Morgan fingerprint density at radius 2 is 1.89 bits per heavy atom. The van der Waals surface area contributed by atoms with Gasteiger partial charge in [-0.3, -0.25) is 0 Å². The van der Waals surface area contributed by atoms with Crippen LogP contribution in [0.15, 0.2) is 30.5 Å². The number of benzene rings is 1. The van der Waals surface area contributed by atoms with E-state index in [0.717, 1.165) is 17.8 Å². The van der Waals surface area contributed by atoms with Gasteiger partial charge in [-0.1, -0.05) is 5.21 Å². The van der Waals surface area contributed by atoms with E-state index in [1.807, 2.05) is 0 Å². The summed E-state index contributed by atoms with van der Waals surface area (Å²) in [5, 5.41) is 10.6. The fraction of sp³-hybridized carbons (Fsp3) is 0.273.